The van der Waals surface area contributed by atoms with Crippen LogP contribution in [0.1, 0.15) is 0 Å². The third kappa shape index (κ3) is 1.76. The predicted octanol–water partition coefficient (Wildman–Crippen LogP) is -0.740. The summed E-state index contributed by atoms with van der Waals surface area (Å²) in [5.74, 6) is 0. The van der Waals surface area contributed by atoms with Crippen LogP contribution in [0.25, 0.3) is 0 Å². The van der Waals surface area contributed by atoms with Crippen LogP contribution in [0, 0.1) is 5.21 Å². The number of carbonyl (C=O) groups excluding carboxylic acids is 1. The number of carbonyl (C=O) groups is 1. The maximum atomic E-state index is 10.3. The molecule has 0 aliphatic carbocycles. The normalized spacial score (nSPS) is 8.38. The van der Waals surface area contributed by atoms with Gasteiger partial charge in [0.25, 0.3) is 0 Å². The Kier molecular flexibility index (Phi) is 2.90. The van der Waals surface area contributed by atoms with Crippen LogP contribution < -0.4 is 10.9 Å². The Labute approximate surface area is 47.2 Å². The number of amides is 2. The largest absolute Gasteiger partial charge is 0.770 e. The van der Waals surface area contributed by atoms with Gasteiger partial charge in [-0.05, 0) is 0 Å². The molecule has 0 aromatic heterocycles. The molecule has 0 aliphatic heterocycles. The first-order valence-electron chi connectivity index (χ1n) is 2.05. The molecule has 2 N–H and O–H groups in total. The van der Waals surface area contributed by atoms with Crippen molar-refractivity contribution in [2.45, 2.75) is 0 Å². The molecule has 0 aromatic rings. The van der Waals surface area contributed by atoms with Gasteiger partial charge in [-0.25, -0.2) is 4.79 Å². The minimum absolute atomic E-state index is 0.458. The number of nitrogens with one attached hydrogen (secondary N) is 2. The molecule has 5 nitrogen and oxygen atoms in total. The average Bonchev–Trinajstić information content (AvgIpc) is 1.84. The smallest absolute Gasteiger partial charge is 0.330 e. The molecular formula is C3H8N3O2-. The monoisotopic (exact) mass is 118 g/mol. The first-order valence-corrected chi connectivity index (χ1v) is 2.05. The van der Waals surface area contributed by atoms with Crippen LogP contribution in [0.5, 0.6) is 0 Å². The Hall–Kier alpha value is -0.810. The van der Waals surface area contributed by atoms with Gasteiger partial charge < -0.3 is 16.1 Å². The zero-order valence-electron chi connectivity index (χ0n) is 4.76. The van der Waals surface area contributed by atoms with Crippen LogP contribution in [0.4, 0.5) is 4.79 Å². The van der Waals surface area contributed by atoms with Gasteiger partial charge in [0, 0.05) is 14.1 Å². The molecule has 5 heteroatoms. The number of hydrazine groups is 1. The van der Waals surface area contributed by atoms with Crippen molar-refractivity contribution < 1.29 is 4.79 Å². The second kappa shape index (κ2) is 3.23. The third-order valence-electron chi connectivity index (χ3n) is 0.655. The lowest BCUT2D eigenvalue weighted by atomic mass is 10.9. The Balaban J connectivity index is 3.46. The molecule has 0 heterocycles. The Morgan fingerprint density at radius 2 is 2.25 bits per heavy atom. The Morgan fingerprint density at radius 3 is 2.38 bits per heavy atom. The summed E-state index contributed by atoms with van der Waals surface area (Å²) in [6.07, 6.45) is 0. The van der Waals surface area contributed by atoms with E-state index in [1.54, 1.807) is 0 Å². The summed E-state index contributed by atoms with van der Waals surface area (Å²) in [5.41, 5.74) is 1.39. The van der Waals surface area contributed by atoms with E-state index in [1.807, 2.05) is 0 Å². The van der Waals surface area contributed by atoms with E-state index in [2.05, 4.69) is 5.32 Å². The van der Waals surface area contributed by atoms with Gasteiger partial charge in [-0.1, -0.05) is 0 Å². The maximum absolute atomic E-state index is 10.3. The molecule has 48 valence electrons. The summed E-state index contributed by atoms with van der Waals surface area (Å²) in [4.78, 5) is 10.3. The average molecular weight is 118 g/mol. The van der Waals surface area contributed by atoms with E-state index < -0.39 is 6.03 Å². The van der Waals surface area contributed by atoms with E-state index >= 15 is 0 Å². The highest BCUT2D eigenvalue weighted by atomic mass is 16.5. The standard InChI is InChI=1S/C3H8N3O2/c1-4-3(7)6(2)5-8/h5H,1-2H3,(H,4,7)/q-1. The zero-order valence-corrected chi connectivity index (χ0v) is 4.76. The van der Waals surface area contributed by atoms with Crippen molar-refractivity contribution in [3.05, 3.63) is 5.21 Å². The van der Waals surface area contributed by atoms with Gasteiger partial charge in [-0.15, -0.1) is 0 Å². The quantitative estimate of drug-likeness (QED) is 0.445. The van der Waals surface area contributed by atoms with Crippen molar-refractivity contribution >= 4 is 6.03 Å². The second-order valence-electron chi connectivity index (χ2n) is 1.21. The fourth-order valence-electron chi connectivity index (χ4n) is 0.209. The highest BCUT2D eigenvalue weighted by Gasteiger charge is 1.96. The number of rotatable bonds is 1. The molecule has 0 aliphatic rings. The molecule has 0 bridgehead atoms. The molecule has 0 saturated heterocycles. The summed E-state index contributed by atoms with van der Waals surface area (Å²) in [6.45, 7) is 0. The summed E-state index contributed by atoms with van der Waals surface area (Å²) in [6, 6.07) is -0.458. The van der Waals surface area contributed by atoms with Crippen LogP contribution >= 0.6 is 0 Å². The molecule has 0 fully saturated rings. The van der Waals surface area contributed by atoms with Crippen LogP contribution in [0.15, 0.2) is 0 Å². The van der Waals surface area contributed by atoms with Gasteiger partial charge in [0.1, 0.15) is 0 Å². The van der Waals surface area contributed by atoms with E-state index in [9.17, 15) is 10.0 Å². The van der Waals surface area contributed by atoms with E-state index in [4.69, 9.17) is 0 Å². The predicted molar refractivity (Wildman–Crippen MR) is 28.7 cm³/mol. The van der Waals surface area contributed by atoms with Gasteiger partial charge in [0.05, 0.1) is 0 Å². The van der Waals surface area contributed by atoms with Crippen LogP contribution in [-0.2, 0) is 0 Å². The van der Waals surface area contributed by atoms with E-state index in [0.717, 1.165) is 5.01 Å². The van der Waals surface area contributed by atoms with Crippen LogP contribution in [0.3, 0.4) is 0 Å². The van der Waals surface area contributed by atoms with Crippen molar-refractivity contribution in [1.82, 2.24) is 15.9 Å². The Bertz CT molecular complexity index is 84.6. The molecule has 0 rings (SSSR count). The van der Waals surface area contributed by atoms with E-state index in [0.29, 0.717) is 0 Å². The second-order valence-corrected chi connectivity index (χ2v) is 1.21. The van der Waals surface area contributed by atoms with Crippen LogP contribution in [-0.4, -0.2) is 25.1 Å². The van der Waals surface area contributed by atoms with Gasteiger partial charge in [-0.2, -0.15) is 0 Å². The van der Waals surface area contributed by atoms with E-state index in [1.165, 1.54) is 19.7 Å². The highest BCUT2D eigenvalue weighted by molar-refractivity contribution is 5.72. The molecular weight excluding hydrogens is 110 g/mol. The fraction of sp³-hybridized carbons (Fsp3) is 0.667. The van der Waals surface area contributed by atoms with Crippen molar-refractivity contribution in [1.29, 1.82) is 0 Å². The van der Waals surface area contributed by atoms with Crippen molar-refractivity contribution in [2.75, 3.05) is 14.1 Å². The topological polar surface area (TPSA) is 67.4 Å². The lowest BCUT2D eigenvalue weighted by molar-refractivity contribution is 0.199. The zero-order chi connectivity index (χ0) is 6.57. The van der Waals surface area contributed by atoms with E-state index in [-0.39, 0.29) is 0 Å². The molecule has 0 aromatic carbocycles. The summed E-state index contributed by atoms with van der Waals surface area (Å²) in [7, 11) is 2.77. The van der Waals surface area contributed by atoms with Gasteiger partial charge in [0.15, 0.2) is 0 Å². The molecule has 0 unspecified atom stereocenters. The van der Waals surface area contributed by atoms with Gasteiger partial charge in [0.2, 0.25) is 0 Å². The molecule has 8 heavy (non-hydrogen) atoms. The first-order chi connectivity index (χ1) is 3.72. The number of urea groups is 1. The lowest BCUT2D eigenvalue weighted by Gasteiger charge is -2.20. The molecule has 2 amide bonds. The SMILES string of the molecule is CNC(=O)N(C)N[O-]. The van der Waals surface area contributed by atoms with Crippen molar-refractivity contribution in [3.63, 3.8) is 0 Å². The lowest BCUT2D eigenvalue weighted by Crippen LogP contribution is -2.41. The molecule has 0 spiro atoms. The molecule has 0 radical (unpaired) electrons. The summed E-state index contributed by atoms with van der Waals surface area (Å²) < 4.78 is 0. The Morgan fingerprint density at radius 1 is 1.75 bits per heavy atom. The minimum atomic E-state index is -0.458. The fourth-order valence-corrected chi connectivity index (χ4v) is 0.209. The van der Waals surface area contributed by atoms with Crippen molar-refractivity contribution in [2.24, 2.45) is 0 Å². The number of nitrogens with zero attached hydrogens (tertiary/aromatic N) is 1. The van der Waals surface area contributed by atoms with Gasteiger partial charge in [-0.3, -0.25) is 5.01 Å². The number of hydrogen-bond acceptors (Lipinski definition) is 3. The summed E-state index contributed by atoms with van der Waals surface area (Å²) in [5, 5.41) is 12.7. The van der Waals surface area contributed by atoms with Crippen molar-refractivity contribution in [3.8, 4) is 0 Å². The first kappa shape index (κ1) is 7.19. The maximum Gasteiger partial charge on any atom is 0.330 e. The summed E-state index contributed by atoms with van der Waals surface area (Å²) >= 11 is 0. The molecule has 0 atom stereocenters. The third-order valence-corrected chi connectivity index (χ3v) is 0.655. The van der Waals surface area contributed by atoms with Crippen LogP contribution in [0.2, 0.25) is 0 Å². The van der Waals surface area contributed by atoms with Gasteiger partial charge >= 0.3 is 6.03 Å². The minimum Gasteiger partial charge on any atom is -0.770 e. The highest BCUT2D eigenvalue weighted by Crippen LogP contribution is 1.71. The molecule has 0 saturated carbocycles. The number of hydrogen-bond donors (Lipinski definition) is 2.